The number of anilines is 3. The van der Waals surface area contributed by atoms with E-state index in [1.54, 1.807) is 36.4 Å². The molecule has 0 saturated carbocycles. The lowest BCUT2D eigenvalue weighted by Gasteiger charge is -2.33. The number of benzene rings is 4. The molecule has 2 heterocycles. The van der Waals surface area contributed by atoms with Crippen molar-refractivity contribution in [3.05, 3.63) is 125 Å². The summed E-state index contributed by atoms with van der Waals surface area (Å²) >= 11 is 0. The Morgan fingerprint density at radius 3 is 2.35 bits per heavy atom. The number of amides is 3. The van der Waals surface area contributed by atoms with Crippen molar-refractivity contribution in [3.63, 3.8) is 0 Å². The van der Waals surface area contributed by atoms with Gasteiger partial charge in [-0.1, -0.05) is 54.1 Å². The van der Waals surface area contributed by atoms with Gasteiger partial charge in [0.15, 0.2) is 0 Å². The summed E-state index contributed by atoms with van der Waals surface area (Å²) in [6.07, 6.45) is 0. The fraction of sp³-hybridized carbons (Fsp3) is 0.222. The van der Waals surface area contributed by atoms with Gasteiger partial charge in [0.05, 0.1) is 24.5 Å². The third kappa shape index (κ3) is 6.52. The molecule has 1 atom stereocenters. The fourth-order valence-corrected chi connectivity index (χ4v) is 5.78. The molecular formula is C36H33FN4O5. The number of ether oxygens (including phenoxy) is 1. The molecule has 1 N–H and O–H groups in total. The van der Waals surface area contributed by atoms with Crippen molar-refractivity contribution in [1.29, 1.82) is 0 Å². The van der Waals surface area contributed by atoms with Crippen molar-refractivity contribution in [2.45, 2.75) is 19.5 Å². The third-order valence-corrected chi connectivity index (χ3v) is 8.20. The van der Waals surface area contributed by atoms with Crippen molar-refractivity contribution < 1.29 is 28.3 Å². The highest BCUT2D eigenvalue weighted by Crippen LogP contribution is 2.31. The van der Waals surface area contributed by atoms with Gasteiger partial charge in [0.1, 0.15) is 18.4 Å². The molecule has 1 unspecified atom stereocenters. The summed E-state index contributed by atoms with van der Waals surface area (Å²) < 4.78 is 20.1. The van der Waals surface area contributed by atoms with E-state index in [9.17, 15) is 23.6 Å². The van der Waals surface area contributed by atoms with Gasteiger partial charge in [0, 0.05) is 31.0 Å². The lowest BCUT2D eigenvalue weighted by atomic mass is 10.0. The minimum atomic E-state index is -1.27. The molecule has 2 aliphatic heterocycles. The van der Waals surface area contributed by atoms with Crippen molar-refractivity contribution in [3.8, 4) is 0 Å². The van der Waals surface area contributed by atoms with E-state index in [4.69, 9.17) is 4.74 Å². The van der Waals surface area contributed by atoms with E-state index >= 15 is 0 Å². The zero-order valence-corrected chi connectivity index (χ0v) is 25.3. The summed E-state index contributed by atoms with van der Waals surface area (Å²) in [6.45, 7) is 4.25. The average molecular weight is 621 g/mol. The first-order valence-corrected chi connectivity index (χ1v) is 15.1. The van der Waals surface area contributed by atoms with Gasteiger partial charge in [-0.05, 0) is 66.6 Å². The van der Waals surface area contributed by atoms with Crippen molar-refractivity contribution in [1.82, 2.24) is 4.90 Å². The number of rotatable bonds is 9. The number of aryl methyl sites for hydroxylation is 1. The van der Waals surface area contributed by atoms with Crippen LogP contribution in [-0.2, 0) is 25.7 Å². The maximum absolute atomic E-state index is 14.6. The van der Waals surface area contributed by atoms with E-state index in [2.05, 4.69) is 10.2 Å². The molecule has 0 bridgehead atoms. The Hall–Kier alpha value is -5.35. The van der Waals surface area contributed by atoms with Crippen molar-refractivity contribution in [2.24, 2.45) is 0 Å². The largest absolute Gasteiger partial charge is 0.378 e. The van der Waals surface area contributed by atoms with Crippen LogP contribution in [0.2, 0.25) is 0 Å². The highest BCUT2D eigenvalue weighted by molar-refractivity contribution is 6.52. The minimum Gasteiger partial charge on any atom is -0.378 e. The van der Waals surface area contributed by atoms with E-state index in [-0.39, 0.29) is 17.7 Å². The summed E-state index contributed by atoms with van der Waals surface area (Å²) in [6, 6.07) is 25.6. The first-order chi connectivity index (χ1) is 22.3. The molecular weight excluding hydrogens is 587 g/mol. The number of nitrogens with one attached hydrogen (secondary N) is 1. The molecule has 3 amide bonds. The van der Waals surface area contributed by atoms with Crippen LogP contribution in [0.3, 0.4) is 0 Å². The number of Topliss-reactive ketones (excluding diaryl/α,β-unsaturated/α-hetero) is 1. The first kappa shape index (κ1) is 30.7. The standard InChI is InChI=1S/C36H33FN4O5/c1-24-9-11-25(12-10-24)22-41(32(42)23-40-31-8-3-2-7-30(31)34(43)36(40)45)33(26-5-4-6-27(37)21-26)35(44)38-28-13-15-29(16-14-28)39-17-19-46-20-18-39/h2-16,21,33H,17-20,22-23H2,1H3,(H,38,44). The maximum atomic E-state index is 14.6. The average Bonchev–Trinajstić information content (AvgIpc) is 3.31. The highest BCUT2D eigenvalue weighted by Gasteiger charge is 2.39. The van der Waals surface area contributed by atoms with E-state index in [0.29, 0.717) is 24.6 Å². The number of carbonyl (C=O) groups is 4. The Kier molecular flexibility index (Phi) is 8.89. The van der Waals surface area contributed by atoms with Gasteiger partial charge in [0.2, 0.25) is 5.91 Å². The van der Waals surface area contributed by atoms with Gasteiger partial charge < -0.3 is 19.9 Å². The van der Waals surface area contributed by atoms with Crippen LogP contribution in [0.25, 0.3) is 0 Å². The maximum Gasteiger partial charge on any atom is 0.299 e. The van der Waals surface area contributed by atoms with Crippen LogP contribution in [-0.4, -0.2) is 61.3 Å². The van der Waals surface area contributed by atoms with Crippen LogP contribution in [0.1, 0.15) is 33.1 Å². The molecule has 4 aromatic rings. The van der Waals surface area contributed by atoms with Crippen LogP contribution in [0.15, 0.2) is 97.1 Å². The van der Waals surface area contributed by atoms with Crippen LogP contribution >= 0.6 is 0 Å². The molecule has 1 fully saturated rings. The summed E-state index contributed by atoms with van der Waals surface area (Å²) in [4.78, 5) is 58.7. The normalized spacial score (nSPS) is 15.0. The SMILES string of the molecule is Cc1ccc(CN(C(=O)CN2C(=O)C(=O)c3ccccc32)C(C(=O)Nc2ccc(N3CCOCC3)cc2)c2cccc(F)c2)cc1. The quantitative estimate of drug-likeness (QED) is 0.267. The topological polar surface area (TPSA) is 99.3 Å². The number of fused-ring (bicyclic) bond motifs is 1. The molecule has 234 valence electrons. The number of ketones is 1. The Bertz CT molecular complexity index is 1770. The number of hydrogen-bond acceptors (Lipinski definition) is 6. The molecule has 0 aromatic heterocycles. The van der Waals surface area contributed by atoms with Crippen LogP contribution in [0, 0.1) is 12.7 Å². The highest BCUT2D eigenvalue weighted by atomic mass is 19.1. The molecule has 0 spiro atoms. The van der Waals surface area contributed by atoms with Crippen molar-refractivity contribution in [2.75, 3.05) is 48.0 Å². The summed E-state index contributed by atoms with van der Waals surface area (Å²) in [5, 5.41) is 2.91. The molecule has 2 aliphatic rings. The molecule has 9 nitrogen and oxygen atoms in total. The Morgan fingerprint density at radius 2 is 1.63 bits per heavy atom. The van der Waals surface area contributed by atoms with E-state index in [0.717, 1.165) is 34.8 Å². The fourth-order valence-electron chi connectivity index (χ4n) is 5.78. The number of morpholine rings is 1. The Morgan fingerprint density at radius 1 is 0.913 bits per heavy atom. The van der Waals surface area contributed by atoms with Gasteiger partial charge in [-0.25, -0.2) is 4.39 Å². The second-order valence-corrected chi connectivity index (χ2v) is 11.3. The van der Waals surface area contributed by atoms with E-state index < -0.39 is 41.9 Å². The third-order valence-electron chi connectivity index (χ3n) is 8.20. The number of carbonyl (C=O) groups excluding carboxylic acids is 4. The molecule has 0 aliphatic carbocycles. The zero-order valence-electron chi connectivity index (χ0n) is 25.3. The number of hydrogen-bond donors (Lipinski definition) is 1. The smallest absolute Gasteiger partial charge is 0.299 e. The molecule has 10 heteroatoms. The van der Waals surface area contributed by atoms with Crippen LogP contribution in [0.4, 0.5) is 21.5 Å². The number of para-hydroxylation sites is 1. The van der Waals surface area contributed by atoms with Crippen LogP contribution < -0.4 is 15.1 Å². The monoisotopic (exact) mass is 620 g/mol. The molecule has 0 radical (unpaired) electrons. The molecule has 4 aromatic carbocycles. The predicted octanol–water partition coefficient (Wildman–Crippen LogP) is 4.91. The molecule has 1 saturated heterocycles. The van der Waals surface area contributed by atoms with E-state index in [1.807, 2.05) is 43.3 Å². The lowest BCUT2D eigenvalue weighted by molar-refractivity contribution is -0.139. The zero-order chi connectivity index (χ0) is 32.2. The number of nitrogens with zero attached hydrogens (tertiary/aromatic N) is 3. The Labute approximate surface area is 266 Å². The number of halogens is 1. The van der Waals surface area contributed by atoms with E-state index in [1.165, 1.54) is 29.2 Å². The van der Waals surface area contributed by atoms with Gasteiger partial charge >= 0.3 is 0 Å². The second-order valence-electron chi connectivity index (χ2n) is 11.3. The first-order valence-electron chi connectivity index (χ1n) is 15.1. The lowest BCUT2D eigenvalue weighted by Crippen LogP contribution is -2.46. The van der Waals surface area contributed by atoms with Gasteiger partial charge in [-0.3, -0.25) is 24.1 Å². The molecule has 6 rings (SSSR count). The minimum absolute atomic E-state index is 0.0126. The summed E-state index contributed by atoms with van der Waals surface area (Å²) in [5.41, 5.74) is 4.03. The predicted molar refractivity (Wildman–Crippen MR) is 172 cm³/mol. The summed E-state index contributed by atoms with van der Waals surface area (Å²) in [5.74, 6) is -3.24. The van der Waals surface area contributed by atoms with Crippen LogP contribution in [0.5, 0.6) is 0 Å². The van der Waals surface area contributed by atoms with Gasteiger partial charge in [-0.2, -0.15) is 0 Å². The Balaban J connectivity index is 1.34. The van der Waals surface area contributed by atoms with Crippen molar-refractivity contribution >= 4 is 40.6 Å². The molecule has 46 heavy (non-hydrogen) atoms. The van der Waals surface area contributed by atoms with Gasteiger partial charge in [-0.15, -0.1) is 0 Å². The second kappa shape index (κ2) is 13.3. The van der Waals surface area contributed by atoms with Gasteiger partial charge in [0.25, 0.3) is 17.6 Å². The summed E-state index contributed by atoms with van der Waals surface area (Å²) in [7, 11) is 0.